The summed E-state index contributed by atoms with van der Waals surface area (Å²) in [4.78, 5) is 0. The van der Waals surface area contributed by atoms with E-state index in [1.54, 1.807) is 18.2 Å². The lowest BCUT2D eigenvalue weighted by Crippen LogP contribution is -2.16. The van der Waals surface area contributed by atoms with Crippen LogP contribution in [-0.4, -0.2) is 0 Å². The van der Waals surface area contributed by atoms with Crippen molar-refractivity contribution in [1.29, 1.82) is 0 Å². The highest BCUT2D eigenvalue weighted by molar-refractivity contribution is 14.1. The summed E-state index contributed by atoms with van der Waals surface area (Å²) < 4.78 is 40.6. The molecule has 1 atom stereocenters. The lowest BCUT2D eigenvalue weighted by atomic mass is 9.99. The van der Waals surface area contributed by atoms with Crippen molar-refractivity contribution in [2.75, 3.05) is 0 Å². The van der Waals surface area contributed by atoms with Gasteiger partial charge in [0.1, 0.15) is 0 Å². The predicted molar refractivity (Wildman–Crippen MR) is 76.5 cm³/mol. The highest BCUT2D eigenvalue weighted by Crippen LogP contribution is 2.29. The van der Waals surface area contributed by atoms with Crippen LogP contribution in [0, 0.1) is 21.0 Å². The predicted octanol–water partition coefficient (Wildman–Crippen LogP) is 4.41. The first-order chi connectivity index (χ1) is 8.91. The van der Waals surface area contributed by atoms with Gasteiger partial charge in [-0.15, -0.1) is 0 Å². The SMILES string of the molecule is NC(c1cc(Cl)ccc1I)c1ccc(F)c(F)c1F. The van der Waals surface area contributed by atoms with Crippen molar-refractivity contribution in [2.24, 2.45) is 5.73 Å². The molecule has 0 spiro atoms. The van der Waals surface area contributed by atoms with E-state index < -0.39 is 23.5 Å². The Morgan fingerprint density at radius 3 is 2.37 bits per heavy atom. The van der Waals surface area contributed by atoms with E-state index in [0.29, 0.717) is 10.6 Å². The molecule has 0 aliphatic rings. The average molecular weight is 398 g/mol. The van der Waals surface area contributed by atoms with Crippen molar-refractivity contribution in [3.8, 4) is 0 Å². The number of rotatable bonds is 2. The van der Waals surface area contributed by atoms with E-state index in [9.17, 15) is 13.2 Å². The monoisotopic (exact) mass is 397 g/mol. The molecule has 0 aliphatic heterocycles. The van der Waals surface area contributed by atoms with Gasteiger partial charge in [0.05, 0.1) is 6.04 Å². The number of nitrogens with two attached hydrogens (primary N) is 1. The van der Waals surface area contributed by atoms with Crippen LogP contribution >= 0.6 is 34.2 Å². The van der Waals surface area contributed by atoms with Gasteiger partial charge in [0.25, 0.3) is 0 Å². The van der Waals surface area contributed by atoms with Gasteiger partial charge < -0.3 is 5.73 Å². The molecule has 0 fully saturated rings. The van der Waals surface area contributed by atoms with Crippen LogP contribution in [-0.2, 0) is 0 Å². The summed E-state index contributed by atoms with van der Waals surface area (Å²) in [5, 5.41) is 0.439. The van der Waals surface area contributed by atoms with Crippen molar-refractivity contribution in [1.82, 2.24) is 0 Å². The number of hydrogen-bond acceptors (Lipinski definition) is 1. The average Bonchev–Trinajstić information content (AvgIpc) is 2.38. The summed E-state index contributed by atoms with van der Waals surface area (Å²) in [5.74, 6) is -4.04. The van der Waals surface area contributed by atoms with Gasteiger partial charge in [0, 0.05) is 14.2 Å². The van der Waals surface area contributed by atoms with Gasteiger partial charge in [-0.25, -0.2) is 13.2 Å². The zero-order chi connectivity index (χ0) is 14.2. The Hall–Kier alpha value is -0.790. The lowest BCUT2D eigenvalue weighted by molar-refractivity contribution is 0.438. The molecule has 0 saturated carbocycles. The van der Waals surface area contributed by atoms with Crippen LogP contribution in [0.4, 0.5) is 13.2 Å². The minimum Gasteiger partial charge on any atom is -0.320 e. The topological polar surface area (TPSA) is 26.0 Å². The quantitative estimate of drug-likeness (QED) is 0.590. The van der Waals surface area contributed by atoms with Crippen molar-refractivity contribution < 1.29 is 13.2 Å². The Bertz CT molecular complexity index is 634. The van der Waals surface area contributed by atoms with Crippen LogP contribution in [0.15, 0.2) is 30.3 Å². The normalized spacial score (nSPS) is 12.5. The van der Waals surface area contributed by atoms with Gasteiger partial charge >= 0.3 is 0 Å². The van der Waals surface area contributed by atoms with Crippen molar-refractivity contribution in [2.45, 2.75) is 6.04 Å². The van der Waals surface area contributed by atoms with E-state index in [4.69, 9.17) is 17.3 Å². The molecule has 0 aliphatic carbocycles. The zero-order valence-corrected chi connectivity index (χ0v) is 12.3. The maximum atomic E-state index is 13.7. The Morgan fingerprint density at radius 1 is 1.00 bits per heavy atom. The molecule has 0 amide bonds. The van der Waals surface area contributed by atoms with E-state index >= 15 is 0 Å². The number of hydrogen-bond donors (Lipinski definition) is 1. The van der Waals surface area contributed by atoms with Gasteiger partial charge in [-0.1, -0.05) is 17.7 Å². The summed E-state index contributed by atoms with van der Waals surface area (Å²) in [6, 6.07) is 6.03. The fourth-order valence-corrected chi connectivity index (χ4v) is 2.55. The second kappa shape index (κ2) is 5.68. The first kappa shape index (κ1) is 14.6. The van der Waals surface area contributed by atoms with Gasteiger partial charge in [-0.3, -0.25) is 0 Å². The molecule has 0 radical (unpaired) electrons. The molecule has 1 nitrogen and oxygen atoms in total. The summed E-state index contributed by atoms with van der Waals surface area (Å²) in [6.45, 7) is 0. The smallest absolute Gasteiger partial charge is 0.194 e. The summed E-state index contributed by atoms with van der Waals surface area (Å²) >= 11 is 7.88. The standard InChI is InChI=1S/C13H8ClF3IN/c14-6-1-4-10(18)8(5-6)13(19)7-2-3-9(15)12(17)11(7)16/h1-5,13H,19H2. The van der Waals surface area contributed by atoms with Gasteiger partial charge in [-0.05, 0) is 52.4 Å². The first-order valence-corrected chi connectivity index (χ1v) is 6.71. The Balaban J connectivity index is 2.53. The minimum atomic E-state index is -1.52. The third kappa shape index (κ3) is 2.88. The highest BCUT2D eigenvalue weighted by atomic mass is 127. The molecule has 19 heavy (non-hydrogen) atoms. The van der Waals surface area contributed by atoms with Gasteiger partial charge in [0.2, 0.25) is 0 Å². The van der Waals surface area contributed by atoms with Crippen molar-refractivity contribution in [3.63, 3.8) is 0 Å². The number of benzene rings is 2. The largest absolute Gasteiger partial charge is 0.320 e. The molecule has 100 valence electrons. The maximum Gasteiger partial charge on any atom is 0.194 e. The van der Waals surface area contributed by atoms with Crippen LogP contribution in [0.2, 0.25) is 5.02 Å². The van der Waals surface area contributed by atoms with E-state index in [0.717, 1.165) is 15.7 Å². The third-order valence-corrected chi connectivity index (χ3v) is 3.91. The van der Waals surface area contributed by atoms with Crippen LogP contribution in [0.25, 0.3) is 0 Å². The molecule has 2 aromatic carbocycles. The Labute approximate surface area is 126 Å². The molecule has 2 aromatic rings. The van der Waals surface area contributed by atoms with Crippen LogP contribution < -0.4 is 5.73 Å². The second-order valence-electron chi connectivity index (χ2n) is 3.91. The zero-order valence-electron chi connectivity index (χ0n) is 9.43. The molecule has 2 rings (SSSR count). The first-order valence-electron chi connectivity index (χ1n) is 5.25. The molecule has 6 heteroatoms. The summed E-state index contributed by atoms with van der Waals surface area (Å²) in [7, 11) is 0. The molecule has 1 unspecified atom stereocenters. The van der Waals surface area contributed by atoms with E-state index in [1.165, 1.54) is 0 Å². The van der Waals surface area contributed by atoms with Crippen LogP contribution in [0.1, 0.15) is 17.2 Å². The van der Waals surface area contributed by atoms with Crippen molar-refractivity contribution >= 4 is 34.2 Å². The minimum absolute atomic E-state index is 0.112. The lowest BCUT2D eigenvalue weighted by Gasteiger charge is -2.16. The fraction of sp³-hybridized carbons (Fsp3) is 0.0769. The second-order valence-corrected chi connectivity index (χ2v) is 5.51. The third-order valence-electron chi connectivity index (χ3n) is 2.69. The maximum absolute atomic E-state index is 13.7. The van der Waals surface area contributed by atoms with Crippen molar-refractivity contribution in [3.05, 3.63) is 67.5 Å². The highest BCUT2D eigenvalue weighted by Gasteiger charge is 2.21. The fourth-order valence-electron chi connectivity index (χ4n) is 1.70. The Morgan fingerprint density at radius 2 is 1.68 bits per heavy atom. The van der Waals surface area contributed by atoms with Gasteiger partial charge in [-0.2, -0.15) is 0 Å². The Kier molecular flexibility index (Phi) is 4.37. The number of halogens is 5. The molecule has 2 N–H and O–H groups in total. The molecule has 0 bridgehead atoms. The molecule has 0 saturated heterocycles. The molecular weight excluding hydrogens is 390 g/mol. The molecule has 0 aromatic heterocycles. The molecular formula is C13H8ClF3IN. The summed E-state index contributed by atoms with van der Waals surface area (Å²) in [6.07, 6.45) is 0. The van der Waals surface area contributed by atoms with E-state index in [2.05, 4.69) is 0 Å². The summed E-state index contributed by atoms with van der Waals surface area (Å²) in [5.41, 5.74) is 6.36. The van der Waals surface area contributed by atoms with Crippen LogP contribution in [0.5, 0.6) is 0 Å². The van der Waals surface area contributed by atoms with E-state index in [-0.39, 0.29) is 5.56 Å². The van der Waals surface area contributed by atoms with E-state index in [1.807, 2.05) is 22.6 Å². The van der Waals surface area contributed by atoms with Gasteiger partial charge in [0.15, 0.2) is 17.5 Å². The molecule has 0 heterocycles. The van der Waals surface area contributed by atoms with Crippen LogP contribution in [0.3, 0.4) is 0 Å².